The van der Waals surface area contributed by atoms with Crippen molar-refractivity contribution >= 4 is 22.4 Å². The molecule has 80 valence electrons. The number of imidazole rings is 1. The molecular formula is C11H7FN2OS. The van der Waals surface area contributed by atoms with Crippen LogP contribution in [0.1, 0.15) is 0 Å². The molecule has 0 spiro atoms. The summed E-state index contributed by atoms with van der Waals surface area (Å²) in [6.07, 6.45) is 0. The predicted molar refractivity (Wildman–Crippen MR) is 61.7 cm³/mol. The summed E-state index contributed by atoms with van der Waals surface area (Å²) in [6, 6.07) is 7.99. The van der Waals surface area contributed by atoms with E-state index in [-0.39, 0.29) is 11.5 Å². The summed E-state index contributed by atoms with van der Waals surface area (Å²) in [4.78, 5) is 14.4. The summed E-state index contributed by atoms with van der Waals surface area (Å²) in [6.45, 7) is 0. The number of H-pyrrole nitrogens is 1. The van der Waals surface area contributed by atoms with E-state index in [2.05, 4.69) is 4.98 Å². The number of fused-ring (bicyclic) bond motifs is 1. The highest BCUT2D eigenvalue weighted by Gasteiger charge is 2.09. The van der Waals surface area contributed by atoms with E-state index in [1.807, 2.05) is 17.5 Å². The molecule has 3 aromatic rings. The molecule has 0 atom stereocenters. The Morgan fingerprint density at radius 1 is 1.31 bits per heavy atom. The highest BCUT2D eigenvalue weighted by molar-refractivity contribution is 7.12. The van der Waals surface area contributed by atoms with Crippen molar-refractivity contribution in [3.63, 3.8) is 0 Å². The average Bonchev–Trinajstić information content (AvgIpc) is 2.83. The summed E-state index contributed by atoms with van der Waals surface area (Å²) < 4.78 is 14.5. The number of aromatic amines is 1. The molecule has 3 nitrogen and oxygen atoms in total. The van der Waals surface area contributed by atoms with Crippen LogP contribution in [0.3, 0.4) is 0 Å². The zero-order chi connectivity index (χ0) is 11.1. The Balaban J connectivity index is 2.41. The van der Waals surface area contributed by atoms with Gasteiger partial charge in [0.1, 0.15) is 10.8 Å². The van der Waals surface area contributed by atoms with Crippen LogP contribution in [-0.4, -0.2) is 9.55 Å². The molecule has 0 aliphatic heterocycles. The Bertz CT molecular complexity index is 696. The maximum atomic E-state index is 13.0. The van der Waals surface area contributed by atoms with Crippen LogP contribution in [-0.2, 0) is 0 Å². The number of nitrogens with zero attached hydrogens (tertiary/aromatic N) is 1. The van der Waals surface area contributed by atoms with Crippen molar-refractivity contribution in [2.75, 3.05) is 0 Å². The molecule has 0 saturated carbocycles. The zero-order valence-corrected chi connectivity index (χ0v) is 8.92. The Kier molecular flexibility index (Phi) is 1.94. The molecule has 2 aromatic heterocycles. The van der Waals surface area contributed by atoms with Gasteiger partial charge in [-0.2, -0.15) is 0 Å². The Hall–Kier alpha value is -1.88. The van der Waals surface area contributed by atoms with Crippen LogP contribution in [0.5, 0.6) is 0 Å². The van der Waals surface area contributed by atoms with E-state index in [4.69, 9.17) is 0 Å². The normalized spacial score (nSPS) is 11.1. The summed E-state index contributed by atoms with van der Waals surface area (Å²) in [5, 5.41) is 2.72. The standard InChI is InChI=1S/C11H7FN2OS/c12-7-3-4-9-8(6-7)13-11(15)14(9)10-2-1-5-16-10/h1-6H,(H,13,15). The molecule has 0 aliphatic rings. The summed E-state index contributed by atoms with van der Waals surface area (Å²) in [5.41, 5.74) is 0.954. The molecule has 0 radical (unpaired) electrons. The predicted octanol–water partition coefficient (Wildman–Crippen LogP) is 2.52. The molecule has 0 bridgehead atoms. The molecule has 1 N–H and O–H groups in total. The first kappa shape index (κ1) is 9.35. The minimum absolute atomic E-state index is 0.247. The van der Waals surface area contributed by atoms with Gasteiger partial charge < -0.3 is 4.98 Å². The van der Waals surface area contributed by atoms with Crippen molar-refractivity contribution in [3.8, 4) is 5.00 Å². The monoisotopic (exact) mass is 234 g/mol. The van der Waals surface area contributed by atoms with Crippen LogP contribution < -0.4 is 5.69 Å². The van der Waals surface area contributed by atoms with Crippen molar-refractivity contribution in [1.82, 2.24) is 9.55 Å². The van der Waals surface area contributed by atoms with Gasteiger partial charge in [-0.3, -0.25) is 4.57 Å². The molecular weight excluding hydrogens is 227 g/mol. The molecule has 2 heterocycles. The number of aromatic nitrogens is 2. The van der Waals surface area contributed by atoms with Gasteiger partial charge in [0.25, 0.3) is 0 Å². The van der Waals surface area contributed by atoms with Crippen molar-refractivity contribution in [2.45, 2.75) is 0 Å². The third-order valence-corrected chi connectivity index (χ3v) is 3.22. The van der Waals surface area contributed by atoms with Crippen LogP contribution in [0.25, 0.3) is 16.0 Å². The topological polar surface area (TPSA) is 37.8 Å². The smallest absolute Gasteiger partial charge is 0.305 e. The number of hydrogen-bond acceptors (Lipinski definition) is 2. The van der Waals surface area contributed by atoms with E-state index in [9.17, 15) is 9.18 Å². The molecule has 0 amide bonds. The third-order valence-electron chi connectivity index (χ3n) is 2.37. The lowest BCUT2D eigenvalue weighted by Crippen LogP contribution is -2.13. The summed E-state index contributed by atoms with van der Waals surface area (Å²) in [7, 11) is 0. The van der Waals surface area contributed by atoms with Crippen molar-refractivity contribution in [2.24, 2.45) is 0 Å². The highest BCUT2D eigenvalue weighted by atomic mass is 32.1. The maximum absolute atomic E-state index is 13.0. The SMILES string of the molecule is O=c1[nH]c2cc(F)ccc2n1-c1cccs1. The average molecular weight is 234 g/mol. The second kappa shape index (κ2) is 3.31. The minimum atomic E-state index is -0.355. The van der Waals surface area contributed by atoms with E-state index < -0.39 is 0 Å². The molecule has 3 rings (SSSR count). The van der Waals surface area contributed by atoms with E-state index in [1.165, 1.54) is 23.5 Å². The number of halogens is 1. The molecule has 16 heavy (non-hydrogen) atoms. The quantitative estimate of drug-likeness (QED) is 0.690. The van der Waals surface area contributed by atoms with Crippen LogP contribution >= 0.6 is 11.3 Å². The van der Waals surface area contributed by atoms with E-state index in [0.29, 0.717) is 11.0 Å². The van der Waals surface area contributed by atoms with Gasteiger partial charge in [-0.25, -0.2) is 9.18 Å². The maximum Gasteiger partial charge on any atom is 0.331 e. The fourth-order valence-corrected chi connectivity index (χ4v) is 2.44. The van der Waals surface area contributed by atoms with Gasteiger partial charge in [-0.1, -0.05) is 0 Å². The first-order chi connectivity index (χ1) is 7.75. The molecule has 1 aromatic carbocycles. The zero-order valence-electron chi connectivity index (χ0n) is 8.11. The van der Waals surface area contributed by atoms with Crippen LogP contribution in [0.4, 0.5) is 4.39 Å². The first-order valence-electron chi connectivity index (χ1n) is 4.70. The third kappa shape index (κ3) is 1.29. The lowest BCUT2D eigenvalue weighted by atomic mass is 10.3. The number of rotatable bonds is 1. The van der Waals surface area contributed by atoms with Gasteiger partial charge in [0.15, 0.2) is 0 Å². The van der Waals surface area contributed by atoms with Crippen molar-refractivity contribution in [1.29, 1.82) is 0 Å². The molecule has 0 fully saturated rings. The van der Waals surface area contributed by atoms with Crippen molar-refractivity contribution < 1.29 is 4.39 Å². The molecule has 0 aliphatic carbocycles. The van der Waals surface area contributed by atoms with Crippen molar-refractivity contribution in [3.05, 3.63) is 52.0 Å². The Labute approximate surface area is 93.8 Å². The van der Waals surface area contributed by atoms with E-state index in [0.717, 1.165) is 5.00 Å². The van der Waals surface area contributed by atoms with E-state index >= 15 is 0 Å². The summed E-state index contributed by atoms with van der Waals surface area (Å²) >= 11 is 1.46. The van der Waals surface area contributed by atoms with E-state index in [1.54, 1.807) is 10.6 Å². The van der Waals surface area contributed by atoms with Crippen LogP contribution in [0.2, 0.25) is 0 Å². The number of hydrogen-bond donors (Lipinski definition) is 1. The number of benzene rings is 1. The molecule has 5 heteroatoms. The van der Waals surface area contributed by atoms with Gasteiger partial charge >= 0.3 is 5.69 Å². The van der Waals surface area contributed by atoms with Crippen LogP contribution in [0, 0.1) is 5.82 Å². The second-order valence-corrected chi connectivity index (χ2v) is 4.30. The summed E-state index contributed by atoms with van der Waals surface area (Å²) in [5.74, 6) is -0.355. The van der Waals surface area contributed by atoms with Gasteiger partial charge in [-0.15, -0.1) is 11.3 Å². The Morgan fingerprint density at radius 2 is 2.19 bits per heavy atom. The highest BCUT2D eigenvalue weighted by Crippen LogP contribution is 2.19. The minimum Gasteiger partial charge on any atom is -0.305 e. The number of thiophene rings is 1. The first-order valence-corrected chi connectivity index (χ1v) is 5.58. The fraction of sp³-hybridized carbons (Fsp3) is 0. The van der Waals surface area contributed by atoms with Gasteiger partial charge in [0.2, 0.25) is 0 Å². The number of nitrogens with one attached hydrogen (secondary N) is 1. The van der Waals surface area contributed by atoms with Gasteiger partial charge in [-0.05, 0) is 35.7 Å². The van der Waals surface area contributed by atoms with Gasteiger partial charge in [0.05, 0.1) is 11.0 Å². The molecule has 0 saturated heterocycles. The Morgan fingerprint density at radius 3 is 2.94 bits per heavy atom. The fourth-order valence-electron chi connectivity index (χ4n) is 1.70. The van der Waals surface area contributed by atoms with Crippen LogP contribution in [0.15, 0.2) is 40.5 Å². The van der Waals surface area contributed by atoms with Gasteiger partial charge in [0, 0.05) is 0 Å². The largest absolute Gasteiger partial charge is 0.331 e. The molecule has 0 unspecified atom stereocenters. The lowest BCUT2D eigenvalue weighted by molar-refractivity contribution is 0.629. The lowest BCUT2D eigenvalue weighted by Gasteiger charge is -1.98. The second-order valence-electron chi connectivity index (χ2n) is 3.38.